The van der Waals surface area contributed by atoms with E-state index in [1.165, 1.54) is 0 Å². The van der Waals surface area contributed by atoms with Crippen LogP contribution in [0.3, 0.4) is 0 Å². The van der Waals surface area contributed by atoms with Gasteiger partial charge in [-0.3, -0.25) is 9.59 Å². The van der Waals surface area contributed by atoms with E-state index in [9.17, 15) is 9.59 Å². The van der Waals surface area contributed by atoms with Crippen molar-refractivity contribution < 1.29 is 14.3 Å². The number of methoxy groups -OCH3 is 2. The van der Waals surface area contributed by atoms with Gasteiger partial charge in [-0.1, -0.05) is 24.3 Å². The fourth-order valence-corrected chi connectivity index (χ4v) is 4.32. The van der Waals surface area contributed by atoms with E-state index in [-0.39, 0.29) is 23.3 Å². The molecule has 1 N–H and O–H groups in total. The molecule has 1 aliphatic rings. The van der Waals surface area contributed by atoms with Crippen molar-refractivity contribution in [1.82, 2.24) is 14.9 Å². The Bertz CT molecular complexity index is 1140. The number of nitrogens with one attached hydrogen (secondary N) is 1. The number of nitrogens with zero attached hydrogens (tertiary/aromatic N) is 2. The number of H-pyrrole nitrogens is 1. The topological polar surface area (TPSA) is 84.5 Å². The van der Waals surface area contributed by atoms with E-state index in [4.69, 9.17) is 9.47 Å². The summed E-state index contributed by atoms with van der Waals surface area (Å²) < 4.78 is 10.5. The van der Waals surface area contributed by atoms with Gasteiger partial charge in [0.2, 0.25) is 5.91 Å². The highest BCUT2D eigenvalue weighted by atomic mass is 16.5. The Hall–Kier alpha value is -3.61. The van der Waals surface area contributed by atoms with E-state index >= 15 is 0 Å². The second kappa shape index (κ2) is 9.26. The summed E-state index contributed by atoms with van der Waals surface area (Å²) in [5.74, 6) is 2.14. The molecule has 0 bridgehead atoms. The number of amides is 1. The van der Waals surface area contributed by atoms with Crippen molar-refractivity contribution in [2.24, 2.45) is 0 Å². The smallest absolute Gasteiger partial charge is 0.251 e. The molecule has 0 unspecified atom stereocenters. The van der Waals surface area contributed by atoms with E-state index in [1.807, 2.05) is 53.4 Å². The first-order valence-corrected chi connectivity index (χ1v) is 10.6. The van der Waals surface area contributed by atoms with Crippen molar-refractivity contribution in [3.63, 3.8) is 0 Å². The van der Waals surface area contributed by atoms with Crippen molar-refractivity contribution in [3.8, 4) is 11.5 Å². The second-order valence-corrected chi connectivity index (χ2v) is 8.07. The Morgan fingerprint density at radius 2 is 1.59 bits per heavy atom. The first-order chi connectivity index (χ1) is 15.5. The SMILES string of the molecule is COc1ccc(CC(=O)N2C[C@@H](c3ccc(OC)cc3)[C@H](c3cc(=O)[nH]c(C)n3)C2)cc1. The molecule has 1 aromatic heterocycles. The highest BCUT2D eigenvalue weighted by Gasteiger charge is 2.38. The number of rotatable bonds is 6. The minimum Gasteiger partial charge on any atom is -0.497 e. The lowest BCUT2D eigenvalue weighted by Crippen LogP contribution is -2.30. The van der Waals surface area contributed by atoms with Crippen molar-refractivity contribution >= 4 is 5.91 Å². The Morgan fingerprint density at radius 1 is 1.00 bits per heavy atom. The molecule has 1 amide bonds. The second-order valence-electron chi connectivity index (χ2n) is 8.07. The molecule has 0 saturated carbocycles. The molecule has 2 aromatic carbocycles. The molecule has 2 heterocycles. The van der Waals surface area contributed by atoms with Crippen molar-refractivity contribution in [1.29, 1.82) is 0 Å². The third-order valence-electron chi connectivity index (χ3n) is 5.99. The lowest BCUT2D eigenvalue weighted by Gasteiger charge is -2.18. The van der Waals surface area contributed by atoms with Gasteiger partial charge in [0.25, 0.3) is 5.56 Å². The third kappa shape index (κ3) is 4.66. The van der Waals surface area contributed by atoms with Crippen LogP contribution in [-0.4, -0.2) is 48.1 Å². The summed E-state index contributed by atoms with van der Waals surface area (Å²) >= 11 is 0. The molecule has 166 valence electrons. The van der Waals surface area contributed by atoms with Crippen LogP contribution < -0.4 is 15.0 Å². The third-order valence-corrected chi connectivity index (χ3v) is 5.99. The molecule has 0 radical (unpaired) electrons. The fraction of sp³-hybridized carbons (Fsp3) is 0.320. The minimum atomic E-state index is -0.177. The van der Waals surface area contributed by atoms with Crippen molar-refractivity contribution in [3.05, 3.63) is 87.6 Å². The van der Waals surface area contributed by atoms with E-state index < -0.39 is 0 Å². The van der Waals surface area contributed by atoms with Gasteiger partial charge in [-0.05, 0) is 42.3 Å². The zero-order valence-corrected chi connectivity index (χ0v) is 18.5. The molecule has 1 aliphatic heterocycles. The average molecular weight is 434 g/mol. The largest absolute Gasteiger partial charge is 0.497 e. The lowest BCUT2D eigenvalue weighted by atomic mass is 9.86. The number of carbonyl (C=O) groups excluding carboxylic acids is 1. The van der Waals surface area contributed by atoms with Gasteiger partial charge < -0.3 is 19.4 Å². The maximum Gasteiger partial charge on any atom is 0.251 e. The number of carbonyl (C=O) groups is 1. The molecule has 0 spiro atoms. The van der Waals surface area contributed by atoms with Crippen LogP contribution in [0.25, 0.3) is 0 Å². The molecule has 0 aliphatic carbocycles. The highest BCUT2D eigenvalue weighted by Crippen LogP contribution is 2.39. The monoisotopic (exact) mass is 433 g/mol. The summed E-state index contributed by atoms with van der Waals surface area (Å²) in [5.41, 5.74) is 2.57. The summed E-state index contributed by atoms with van der Waals surface area (Å²) in [6.07, 6.45) is 0.313. The van der Waals surface area contributed by atoms with Gasteiger partial charge in [0, 0.05) is 31.0 Å². The van der Waals surface area contributed by atoms with Gasteiger partial charge in [-0.15, -0.1) is 0 Å². The zero-order chi connectivity index (χ0) is 22.7. The number of aromatic amines is 1. The molecule has 1 saturated heterocycles. The molecule has 7 heteroatoms. The van der Waals surface area contributed by atoms with Crippen LogP contribution in [0.2, 0.25) is 0 Å². The normalized spacial score (nSPS) is 17.9. The van der Waals surface area contributed by atoms with E-state index in [2.05, 4.69) is 9.97 Å². The molecule has 32 heavy (non-hydrogen) atoms. The van der Waals surface area contributed by atoms with Crippen LogP contribution in [0, 0.1) is 6.92 Å². The number of ether oxygens (including phenoxy) is 2. The maximum atomic E-state index is 13.1. The summed E-state index contributed by atoms with van der Waals surface area (Å²) in [5, 5.41) is 0. The quantitative estimate of drug-likeness (QED) is 0.646. The number of hydrogen-bond donors (Lipinski definition) is 1. The Morgan fingerprint density at radius 3 is 2.19 bits per heavy atom. The molecule has 1 fully saturated rings. The molecule has 2 atom stereocenters. The Kier molecular flexibility index (Phi) is 6.25. The van der Waals surface area contributed by atoms with E-state index in [0.29, 0.717) is 31.0 Å². The molecular weight excluding hydrogens is 406 g/mol. The number of hydrogen-bond acceptors (Lipinski definition) is 5. The minimum absolute atomic E-state index is 0.0365. The zero-order valence-electron chi connectivity index (χ0n) is 18.5. The van der Waals surface area contributed by atoms with Crippen LogP contribution in [0.4, 0.5) is 0 Å². The average Bonchev–Trinajstić information content (AvgIpc) is 3.25. The molecule has 3 aromatic rings. The van der Waals surface area contributed by atoms with Gasteiger partial charge in [0.15, 0.2) is 0 Å². The van der Waals surface area contributed by atoms with Crippen LogP contribution >= 0.6 is 0 Å². The summed E-state index contributed by atoms with van der Waals surface area (Å²) in [6.45, 7) is 2.86. The lowest BCUT2D eigenvalue weighted by molar-refractivity contribution is -0.129. The summed E-state index contributed by atoms with van der Waals surface area (Å²) in [6, 6.07) is 17.0. The first-order valence-electron chi connectivity index (χ1n) is 10.6. The van der Waals surface area contributed by atoms with Crippen molar-refractivity contribution in [2.75, 3.05) is 27.3 Å². The summed E-state index contributed by atoms with van der Waals surface area (Å²) in [4.78, 5) is 34.4. The number of likely N-dealkylation sites (tertiary alicyclic amines) is 1. The molecule has 4 rings (SSSR count). The van der Waals surface area contributed by atoms with Crippen LogP contribution in [0.15, 0.2) is 59.4 Å². The van der Waals surface area contributed by atoms with Crippen LogP contribution in [-0.2, 0) is 11.2 Å². The number of benzene rings is 2. The van der Waals surface area contributed by atoms with E-state index in [1.54, 1.807) is 27.2 Å². The van der Waals surface area contributed by atoms with E-state index in [0.717, 1.165) is 22.6 Å². The standard InChI is InChI=1S/C25H27N3O4/c1-16-26-23(13-24(29)27-16)22-15-28(14-21(22)18-6-10-20(32-3)11-7-18)25(30)12-17-4-8-19(31-2)9-5-17/h4-11,13,21-22H,12,14-15H2,1-3H3,(H,26,27,29)/t21-,22+/m0/s1. The van der Waals surface area contributed by atoms with Gasteiger partial charge in [0.1, 0.15) is 17.3 Å². The predicted molar refractivity (Wildman–Crippen MR) is 121 cm³/mol. The van der Waals surface area contributed by atoms with Gasteiger partial charge in [-0.25, -0.2) is 4.98 Å². The summed E-state index contributed by atoms with van der Waals surface area (Å²) in [7, 11) is 3.25. The molecular formula is C25H27N3O4. The Balaban J connectivity index is 1.60. The highest BCUT2D eigenvalue weighted by molar-refractivity contribution is 5.79. The fourth-order valence-electron chi connectivity index (χ4n) is 4.32. The Labute approximate surface area is 187 Å². The predicted octanol–water partition coefficient (Wildman–Crippen LogP) is 3.05. The van der Waals surface area contributed by atoms with Gasteiger partial charge >= 0.3 is 0 Å². The number of aromatic nitrogens is 2. The van der Waals surface area contributed by atoms with Crippen molar-refractivity contribution in [2.45, 2.75) is 25.2 Å². The van der Waals surface area contributed by atoms with Gasteiger partial charge in [-0.2, -0.15) is 0 Å². The first kappa shape index (κ1) is 21.6. The maximum absolute atomic E-state index is 13.1. The number of aryl methyl sites for hydroxylation is 1. The molecule has 7 nitrogen and oxygen atoms in total. The van der Waals surface area contributed by atoms with Crippen LogP contribution in [0.1, 0.15) is 34.5 Å². The van der Waals surface area contributed by atoms with Gasteiger partial charge in [0.05, 0.1) is 26.3 Å². The van der Waals surface area contributed by atoms with Crippen LogP contribution in [0.5, 0.6) is 11.5 Å².